The molecule has 0 aromatic heterocycles. The Morgan fingerprint density at radius 3 is 2.10 bits per heavy atom. The summed E-state index contributed by atoms with van der Waals surface area (Å²) < 4.78 is 5.43. The highest BCUT2D eigenvalue weighted by Gasteiger charge is 2.17. The van der Waals surface area contributed by atoms with Crippen LogP contribution in [0.2, 0.25) is 0 Å². The summed E-state index contributed by atoms with van der Waals surface area (Å²) in [5.74, 6) is 1.29. The summed E-state index contributed by atoms with van der Waals surface area (Å²) in [6.45, 7) is 13.4. The van der Waals surface area contributed by atoms with E-state index in [1.807, 2.05) is 12.1 Å². The summed E-state index contributed by atoms with van der Waals surface area (Å²) in [5.41, 5.74) is 3.22. The molecule has 0 bridgehead atoms. The molecule has 0 unspecified atom stereocenters. The zero-order valence-corrected chi connectivity index (χ0v) is 14.4. The van der Waals surface area contributed by atoms with Gasteiger partial charge in [0.05, 0.1) is 12.2 Å². The van der Waals surface area contributed by atoms with E-state index < -0.39 is 0 Å². The number of esters is 1. The number of ether oxygens (including phenoxy) is 1. The van der Waals surface area contributed by atoms with Crippen molar-refractivity contribution in [3.8, 4) is 0 Å². The maximum absolute atomic E-state index is 12.4. The van der Waals surface area contributed by atoms with Gasteiger partial charge in [0.25, 0.3) is 0 Å². The lowest BCUT2D eigenvalue weighted by molar-refractivity contribution is 0.0457. The van der Waals surface area contributed by atoms with Crippen LogP contribution < -0.4 is 0 Å². The van der Waals surface area contributed by atoms with Crippen molar-refractivity contribution >= 4 is 5.97 Å². The van der Waals surface area contributed by atoms with Gasteiger partial charge in [0.2, 0.25) is 0 Å². The molecule has 0 aliphatic rings. The van der Waals surface area contributed by atoms with Crippen LogP contribution in [0.3, 0.4) is 0 Å². The smallest absolute Gasteiger partial charge is 0.338 e. The summed E-state index contributed by atoms with van der Waals surface area (Å²) >= 11 is 0. The molecule has 1 aromatic rings. The monoisotopic (exact) mass is 290 g/mol. The molecule has 0 atom stereocenters. The van der Waals surface area contributed by atoms with E-state index in [1.54, 1.807) is 0 Å². The predicted molar refractivity (Wildman–Crippen MR) is 88.6 cm³/mol. The van der Waals surface area contributed by atoms with E-state index in [-0.39, 0.29) is 5.97 Å². The molecule has 0 saturated carbocycles. The van der Waals surface area contributed by atoms with Crippen molar-refractivity contribution in [2.24, 2.45) is 17.8 Å². The van der Waals surface area contributed by atoms with Gasteiger partial charge in [-0.1, -0.05) is 53.7 Å². The third kappa shape index (κ3) is 5.91. The first-order valence-electron chi connectivity index (χ1n) is 8.09. The zero-order valence-electron chi connectivity index (χ0n) is 14.4. The SMILES string of the molecule is CC(C)COC(=O)c1cccc(CC(C)C)c1CC(C)C. The van der Waals surface area contributed by atoms with Crippen LogP contribution in [0.25, 0.3) is 0 Å². The van der Waals surface area contributed by atoms with Crippen molar-refractivity contribution in [2.75, 3.05) is 6.61 Å². The molecule has 1 rings (SSSR count). The lowest BCUT2D eigenvalue weighted by Crippen LogP contribution is -2.15. The van der Waals surface area contributed by atoms with E-state index in [0.29, 0.717) is 24.4 Å². The number of hydrogen-bond donors (Lipinski definition) is 0. The standard InChI is InChI=1S/C19H30O2/c1-13(2)10-16-8-7-9-17(18(16)11-14(3)4)19(20)21-12-15(5)6/h7-9,13-15H,10-12H2,1-6H3. The van der Waals surface area contributed by atoms with E-state index in [2.05, 4.69) is 47.6 Å². The van der Waals surface area contributed by atoms with Gasteiger partial charge >= 0.3 is 5.97 Å². The third-order valence-electron chi connectivity index (χ3n) is 3.28. The first-order valence-corrected chi connectivity index (χ1v) is 8.09. The second-order valence-electron chi connectivity index (χ2n) is 7.13. The highest BCUT2D eigenvalue weighted by molar-refractivity contribution is 5.91. The Morgan fingerprint density at radius 2 is 1.57 bits per heavy atom. The molecule has 21 heavy (non-hydrogen) atoms. The summed E-state index contributed by atoms with van der Waals surface area (Å²) in [4.78, 5) is 12.4. The molecular weight excluding hydrogens is 260 g/mol. The molecule has 0 heterocycles. The van der Waals surface area contributed by atoms with Crippen LogP contribution >= 0.6 is 0 Å². The summed E-state index contributed by atoms with van der Waals surface area (Å²) in [7, 11) is 0. The fourth-order valence-corrected chi connectivity index (χ4v) is 2.43. The van der Waals surface area contributed by atoms with Gasteiger partial charge in [-0.2, -0.15) is 0 Å². The van der Waals surface area contributed by atoms with Crippen LogP contribution in [0, 0.1) is 17.8 Å². The Morgan fingerprint density at radius 1 is 0.952 bits per heavy atom. The second kappa shape index (κ2) is 8.21. The van der Waals surface area contributed by atoms with Gasteiger partial charge in [-0.25, -0.2) is 4.79 Å². The van der Waals surface area contributed by atoms with Gasteiger partial charge in [-0.3, -0.25) is 0 Å². The van der Waals surface area contributed by atoms with Gasteiger partial charge in [-0.15, -0.1) is 0 Å². The number of rotatable bonds is 7. The Hall–Kier alpha value is -1.31. The van der Waals surface area contributed by atoms with Gasteiger partial charge in [0.1, 0.15) is 0 Å². The molecule has 0 saturated heterocycles. The van der Waals surface area contributed by atoms with Crippen LogP contribution in [-0.4, -0.2) is 12.6 Å². The minimum atomic E-state index is -0.176. The fourth-order valence-electron chi connectivity index (χ4n) is 2.43. The summed E-state index contributed by atoms with van der Waals surface area (Å²) in [6, 6.07) is 6.04. The van der Waals surface area contributed by atoms with E-state index in [4.69, 9.17) is 4.74 Å². The van der Waals surface area contributed by atoms with Gasteiger partial charge in [0.15, 0.2) is 0 Å². The molecular formula is C19H30O2. The molecule has 1 aromatic carbocycles. The Labute approximate surface area is 129 Å². The van der Waals surface area contributed by atoms with Crippen molar-refractivity contribution in [1.82, 2.24) is 0 Å². The van der Waals surface area contributed by atoms with Gasteiger partial charge < -0.3 is 4.74 Å². The molecule has 2 nitrogen and oxygen atoms in total. The van der Waals surface area contributed by atoms with Crippen molar-refractivity contribution in [3.05, 3.63) is 34.9 Å². The molecule has 0 spiro atoms. The summed E-state index contributed by atoms with van der Waals surface area (Å²) in [6.07, 6.45) is 1.93. The Balaban J connectivity index is 3.08. The topological polar surface area (TPSA) is 26.3 Å². The minimum Gasteiger partial charge on any atom is -0.462 e. The van der Waals surface area contributed by atoms with Crippen molar-refractivity contribution < 1.29 is 9.53 Å². The number of hydrogen-bond acceptors (Lipinski definition) is 2. The minimum absolute atomic E-state index is 0.176. The third-order valence-corrected chi connectivity index (χ3v) is 3.28. The Kier molecular flexibility index (Phi) is 6.94. The van der Waals surface area contributed by atoms with Gasteiger partial charge in [-0.05, 0) is 47.8 Å². The number of carbonyl (C=O) groups excluding carboxylic acids is 1. The van der Waals surface area contributed by atoms with E-state index >= 15 is 0 Å². The first kappa shape index (κ1) is 17.7. The molecule has 0 amide bonds. The highest BCUT2D eigenvalue weighted by atomic mass is 16.5. The molecule has 118 valence electrons. The maximum Gasteiger partial charge on any atom is 0.338 e. The van der Waals surface area contributed by atoms with Gasteiger partial charge in [0, 0.05) is 0 Å². The second-order valence-corrected chi connectivity index (χ2v) is 7.13. The molecule has 0 aliphatic heterocycles. The van der Waals surface area contributed by atoms with E-state index in [9.17, 15) is 4.79 Å². The summed E-state index contributed by atoms with van der Waals surface area (Å²) in [5, 5.41) is 0. The largest absolute Gasteiger partial charge is 0.462 e. The quantitative estimate of drug-likeness (QED) is 0.668. The number of benzene rings is 1. The van der Waals surface area contributed by atoms with Crippen LogP contribution in [0.1, 0.15) is 63.0 Å². The van der Waals surface area contributed by atoms with E-state index in [1.165, 1.54) is 11.1 Å². The van der Waals surface area contributed by atoms with Crippen LogP contribution in [0.15, 0.2) is 18.2 Å². The first-order chi connectivity index (χ1) is 9.81. The predicted octanol–water partition coefficient (Wildman–Crippen LogP) is 4.90. The molecule has 2 heteroatoms. The zero-order chi connectivity index (χ0) is 16.0. The van der Waals surface area contributed by atoms with Crippen molar-refractivity contribution in [3.63, 3.8) is 0 Å². The van der Waals surface area contributed by atoms with Crippen LogP contribution in [-0.2, 0) is 17.6 Å². The number of carbonyl (C=O) groups is 1. The highest BCUT2D eigenvalue weighted by Crippen LogP contribution is 2.23. The van der Waals surface area contributed by atoms with Crippen molar-refractivity contribution in [1.29, 1.82) is 0 Å². The molecule has 0 N–H and O–H groups in total. The average Bonchev–Trinajstić information content (AvgIpc) is 2.36. The maximum atomic E-state index is 12.4. The van der Waals surface area contributed by atoms with Crippen molar-refractivity contribution in [2.45, 2.75) is 54.4 Å². The Bertz CT molecular complexity index is 459. The molecule has 0 fully saturated rings. The van der Waals surface area contributed by atoms with Crippen LogP contribution in [0.4, 0.5) is 0 Å². The van der Waals surface area contributed by atoms with Crippen LogP contribution in [0.5, 0.6) is 0 Å². The molecule has 0 aliphatic carbocycles. The lowest BCUT2D eigenvalue weighted by Gasteiger charge is -2.17. The van der Waals surface area contributed by atoms with E-state index in [0.717, 1.165) is 18.4 Å². The normalized spacial score (nSPS) is 11.5. The lowest BCUT2D eigenvalue weighted by atomic mass is 9.89. The average molecular weight is 290 g/mol. The fraction of sp³-hybridized carbons (Fsp3) is 0.632. The molecule has 0 radical (unpaired) electrons.